The molecule has 0 radical (unpaired) electrons. The fourth-order valence-corrected chi connectivity index (χ4v) is 8.89. The smallest absolute Gasteiger partial charge is 0.135 e. The molecule has 8 aromatic carbocycles. The van der Waals surface area contributed by atoms with Gasteiger partial charge in [0.05, 0.1) is 0 Å². The van der Waals surface area contributed by atoms with Crippen LogP contribution in [0, 0.1) is 30.4 Å². The Kier molecular flexibility index (Phi) is 11.1. The van der Waals surface area contributed by atoms with Crippen LogP contribution in [0.3, 0.4) is 0 Å². The molecule has 0 N–H and O–H groups in total. The molecule has 0 aliphatic carbocycles. The number of para-hydroxylation sites is 4. The molecule has 326 valence electrons. The van der Waals surface area contributed by atoms with Crippen molar-refractivity contribution in [1.29, 1.82) is 0 Å². The summed E-state index contributed by atoms with van der Waals surface area (Å²) < 4.78 is 38.8. The molecule has 0 fully saturated rings. The molecule has 1 aliphatic heterocycles. The van der Waals surface area contributed by atoms with Gasteiger partial charge in [-0.05, 0) is 75.5 Å². The number of halogens is 2. The Morgan fingerprint density at radius 2 is 1.20 bits per heavy atom. The molecule has 8 heteroatoms. The summed E-state index contributed by atoms with van der Waals surface area (Å²) in [6.45, 7) is 8.63. The number of pyridine rings is 1. The van der Waals surface area contributed by atoms with Crippen molar-refractivity contribution in [3.63, 3.8) is 0 Å². The Morgan fingerprint density at radius 1 is 0.545 bits per heavy atom. The summed E-state index contributed by atoms with van der Waals surface area (Å²) in [6, 6.07) is 65.9. The van der Waals surface area contributed by atoms with Gasteiger partial charge in [-0.3, -0.25) is 0 Å². The maximum absolute atomic E-state index is 14.9. The second kappa shape index (κ2) is 17.2. The van der Waals surface area contributed by atoms with Crippen LogP contribution < -0.4 is 14.5 Å². The summed E-state index contributed by atoms with van der Waals surface area (Å²) in [7, 11) is 0. The number of fused-ring (bicyclic) bond motifs is 4. The predicted molar refractivity (Wildman–Crippen MR) is 259 cm³/mol. The summed E-state index contributed by atoms with van der Waals surface area (Å²) >= 11 is 0. The quantitative estimate of drug-likeness (QED) is 0.142. The van der Waals surface area contributed by atoms with E-state index in [-0.39, 0.29) is 26.5 Å². The molecule has 0 bridgehead atoms. The van der Waals surface area contributed by atoms with E-state index in [1.165, 1.54) is 17.7 Å². The maximum atomic E-state index is 14.9. The van der Waals surface area contributed by atoms with Crippen LogP contribution in [0.2, 0.25) is 0 Å². The van der Waals surface area contributed by atoms with Crippen LogP contribution in [-0.2, 0) is 26.5 Å². The van der Waals surface area contributed by atoms with E-state index < -0.39 is 11.6 Å². The maximum Gasteiger partial charge on any atom is 0.135 e. The van der Waals surface area contributed by atoms with Gasteiger partial charge in [0.2, 0.25) is 0 Å². The molecule has 0 spiro atoms. The average molecular weight is 1040 g/mol. The first-order chi connectivity index (χ1) is 31.7. The first kappa shape index (κ1) is 42.6. The number of aromatic nitrogens is 2. The Balaban J connectivity index is 0.00000511. The normalized spacial score (nSPS) is 12.4. The largest absolute Gasteiger partial charge is 0.509 e. The van der Waals surface area contributed by atoms with Crippen LogP contribution in [0.25, 0.3) is 61.0 Å². The number of benzene rings is 8. The zero-order valence-corrected chi connectivity index (χ0v) is 38.5. The van der Waals surface area contributed by atoms with Crippen LogP contribution in [0.15, 0.2) is 188 Å². The molecule has 0 saturated heterocycles. The molecule has 3 heterocycles. The molecule has 66 heavy (non-hydrogen) atoms. The SMILES string of the molecule is CC(C)(C)c1ccnc(-n2c3[c-]c(Oc4[c-]c(N5[CH-]N(c6c(-c7ccccc7)cccc6-c6cc(F)cc(F)c6)c6ccccc65)cc(-c5ccccc5)c4)ccc3c3ccccc32)c1.[Pt]. The minimum absolute atomic E-state index is 0. The van der Waals surface area contributed by atoms with E-state index >= 15 is 0 Å². The van der Waals surface area contributed by atoms with Gasteiger partial charge in [-0.25, -0.2) is 13.8 Å². The van der Waals surface area contributed by atoms with Gasteiger partial charge in [-0.2, -0.15) is 6.07 Å². The molecule has 1 aliphatic rings. The molecule has 5 nitrogen and oxygen atoms in total. The first-order valence-electron chi connectivity index (χ1n) is 21.6. The molecule has 10 aromatic rings. The number of rotatable bonds is 8. The van der Waals surface area contributed by atoms with E-state index in [9.17, 15) is 8.78 Å². The van der Waals surface area contributed by atoms with E-state index in [1.54, 1.807) is 0 Å². The van der Waals surface area contributed by atoms with Crippen molar-refractivity contribution in [2.45, 2.75) is 26.2 Å². The third kappa shape index (κ3) is 7.84. The zero-order chi connectivity index (χ0) is 44.2. The van der Waals surface area contributed by atoms with E-state index in [4.69, 9.17) is 9.72 Å². The van der Waals surface area contributed by atoms with Crippen LogP contribution >= 0.6 is 0 Å². The number of anilines is 4. The van der Waals surface area contributed by atoms with Crippen molar-refractivity contribution in [1.82, 2.24) is 9.55 Å². The summed E-state index contributed by atoms with van der Waals surface area (Å²) in [5.41, 5.74) is 11.2. The summed E-state index contributed by atoms with van der Waals surface area (Å²) in [6.07, 6.45) is 1.87. The van der Waals surface area contributed by atoms with Gasteiger partial charge >= 0.3 is 0 Å². The van der Waals surface area contributed by atoms with Gasteiger partial charge in [-0.1, -0.05) is 135 Å². The minimum Gasteiger partial charge on any atom is -0.509 e. The minimum atomic E-state index is -0.646. The van der Waals surface area contributed by atoms with Gasteiger partial charge in [0, 0.05) is 78.5 Å². The second-order valence-corrected chi connectivity index (χ2v) is 17.2. The van der Waals surface area contributed by atoms with Gasteiger partial charge in [0.25, 0.3) is 0 Å². The standard InChI is InChI=1S/C58H41F2N4O.Pt/c1-58(2,3)42-27-28-61-56(33-42)64-52-22-11-10-19-50(52)51-26-25-46(36-55(51)64)65-47-32-40(38-15-6-4-7-16-38)31-45(35-47)62-37-63(54-24-13-12-23-53(54)62)57-48(39-17-8-5-9-18-39)20-14-21-49(57)41-29-43(59)34-44(60)30-41;/h4-34,37H,1-3H3;/q-3;. The Bertz CT molecular complexity index is 3400. The van der Waals surface area contributed by atoms with Crippen molar-refractivity contribution in [3.8, 4) is 50.7 Å². The first-order valence-corrected chi connectivity index (χ1v) is 21.6. The molecule has 0 saturated carbocycles. The number of nitrogens with zero attached hydrogens (tertiary/aromatic N) is 4. The number of hydrogen-bond acceptors (Lipinski definition) is 4. The van der Waals surface area contributed by atoms with Crippen LogP contribution in [-0.4, -0.2) is 9.55 Å². The molecule has 0 amide bonds. The van der Waals surface area contributed by atoms with Gasteiger partial charge in [-0.15, -0.1) is 53.6 Å². The summed E-state index contributed by atoms with van der Waals surface area (Å²) in [4.78, 5) is 9.05. The molecule has 0 unspecified atom stereocenters. The topological polar surface area (TPSA) is 33.5 Å². The number of ether oxygens (including phenoxy) is 1. The zero-order valence-electron chi connectivity index (χ0n) is 36.2. The van der Waals surface area contributed by atoms with Crippen molar-refractivity contribution >= 4 is 44.6 Å². The average Bonchev–Trinajstić information content (AvgIpc) is 3.87. The molecule has 11 rings (SSSR count). The van der Waals surface area contributed by atoms with Crippen LogP contribution in [0.1, 0.15) is 26.3 Å². The third-order valence-electron chi connectivity index (χ3n) is 12.0. The Labute approximate surface area is 397 Å². The predicted octanol–water partition coefficient (Wildman–Crippen LogP) is 15.6. The van der Waals surface area contributed by atoms with Crippen molar-refractivity contribution in [2.24, 2.45) is 0 Å². The van der Waals surface area contributed by atoms with E-state index in [0.29, 0.717) is 22.6 Å². The Hall–Kier alpha value is -7.34. The Morgan fingerprint density at radius 3 is 1.92 bits per heavy atom. The van der Waals surface area contributed by atoms with E-state index in [2.05, 4.69) is 114 Å². The van der Waals surface area contributed by atoms with Crippen molar-refractivity contribution in [3.05, 3.63) is 224 Å². The molecular weight excluding hydrogens is 1000 g/mol. The molecule has 0 atom stereocenters. The van der Waals surface area contributed by atoms with Gasteiger partial charge < -0.3 is 19.1 Å². The van der Waals surface area contributed by atoms with E-state index in [0.717, 1.165) is 78.7 Å². The van der Waals surface area contributed by atoms with E-state index in [1.807, 2.05) is 110 Å². The fourth-order valence-electron chi connectivity index (χ4n) is 8.89. The third-order valence-corrected chi connectivity index (χ3v) is 12.0. The van der Waals surface area contributed by atoms with Crippen LogP contribution in [0.5, 0.6) is 11.5 Å². The summed E-state index contributed by atoms with van der Waals surface area (Å²) in [5, 5.41) is 2.14. The van der Waals surface area contributed by atoms with Crippen molar-refractivity contribution in [2.75, 3.05) is 9.80 Å². The van der Waals surface area contributed by atoms with Gasteiger partial charge in [0.1, 0.15) is 17.5 Å². The fraction of sp³-hybridized carbons (Fsp3) is 0.0690. The van der Waals surface area contributed by atoms with Gasteiger partial charge in [0.15, 0.2) is 0 Å². The molecule has 2 aromatic heterocycles. The molecular formula is C58H41F2N4OPt-3. The monoisotopic (exact) mass is 1040 g/mol. The van der Waals surface area contributed by atoms with Crippen LogP contribution in [0.4, 0.5) is 31.5 Å². The number of hydrogen-bond donors (Lipinski definition) is 0. The second-order valence-electron chi connectivity index (χ2n) is 17.2. The van der Waals surface area contributed by atoms with Crippen molar-refractivity contribution < 1.29 is 34.6 Å². The summed E-state index contributed by atoms with van der Waals surface area (Å²) in [5.74, 6) is 0.541.